The van der Waals surface area contributed by atoms with E-state index in [0.29, 0.717) is 36.4 Å². The van der Waals surface area contributed by atoms with Gasteiger partial charge in [-0.25, -0.2) is 8.42 Å². The maximum Gasteiger partial charge on any atom is 0.262 e. The third-order valence-electron chi connectivity index (χ3n) is 3.30. The number of carbonyl (C=O) groups excluding carboxylic acids is 1. The second-order valence-electron chi connectivity index (χ2n) is 4.89. The van der Waals surface area contributed by atoms with Crippen molar-refractivity contribution in [2.45, 2.75) is 17.7 Å². The molecule has 0 saturated heterocycles. The van der Waals surface area contributed by atoms with Crippen molar-refractivity contribution < 1.29 is 17.6 Å². The van der Waals surface area contributed by atoms with Gasteiger partial charge in [-0.1, -0.05) is 12.1 Å². The van der Waals surface area contributed by atoms with E-state index in [0.717, 1.165) is 6.42 Å². The number of furan rings is 1. The Kier molecular flexibility index (Phi) is 3.81. The Morgan fingerprint density at radius 1 is 1.23 bits per heavy atom. The molecule has 0 aliphatic carbocycles. The van der Waals surface area contributed by atoms with Crippen LogP contribution >= 0.6 is 0 Å². The summed E-state index contributed by atoms with van der Waals surface area (Å²) in [5.41, 5.74) is 0.587. The van der Waals surface area contributed by atoms with E-state index >= 15 is 0 Å². The van der Waals surface area contributed by atoms with Crippen molar-refractivity contribution in [2.75, 3.05) is 6.54 Å². The van der Waals surface area contributed by atoms with Crippen LogP contribution < -0.4 is 4.72 Å². The van der Waals surface area contributed by atoms with Crippen LogP contribution in [0, 0.1) is 0 Å². The fraction of sp³-hybridized carbons (Fsp3) is 0.200. The highest BCUT2D eigenvalue weighted by Gasteiger charge is 2.19. The Hall–Kier alpha value is -2.41. The Balaban J connectivity index is 1.91. The number of rotatable bonds is 4. The van der Waals surface area contributed by atoms with Gasteiger partial charge in [0.2, 0.25) is 0 Å². The molecule has 0 radical (unpaired) electrons. The van der Waals surface area contributed by atoms with Crippen LogP contribution in [0.4, 0.5) is 0 Å². The molecule has 0 amide bonds. The van der Waals surface area contributed by atoms with E-state index in [1.807, 2.05) is 0 Å². The van der Waals surface area contributed by atoms with Gasteiger partial charge in [-0.05, 0) is 30.7 Å². The first-order chi connectivity index (χ1) is 10.6. The molecule has 0 bridgehead atoms. The zero-order chi connectivity index (χ0) is 15.6. The zero-order valence-corrected chi connectivity index (χ0v) is 12.5. The average Bonchev–Trinajstić information content (AvgIpc) is 3.18. The molecule has 1 aromatic carbocycles. The summed E-state index contributed by atoms with van der Waals surface area (Å²) >= 11 is 0. The lowest BCUT2D eigenvalue weighted by Gasteiger charge is -2.08. The zero-order valence-electron chi connectivity index (χ0n) is 11.7. The molecule has 1 aromatic heterocycles. The highest BCUT2D eigenvalue weighted by Crippen LogP contribution is 2.24. The van der Waals surface area contributed by atoms with Gasteiger partial charge in [0, 0.05) is 18.5 Å². The molecule has 0 atom stereocenters. The SMILES string of the molecule is O=Cc1ccc(-c2cccc(S(=O)(=O)NC3=NCCC3)c2)o1. The molecular formula is C15H14N2O4S. The van der Waals surface area contributed by atoms with Gasteiger partial charge in [-0.15, -0.1) is 0 Å². The lowest BCUT2D eigenvalue weighted by atomic mass is 10.2. The summed E-state index contributed by atoms with van der Waals surface area (Å²) in [6.07, 6.45) is 2.10. The normalized spacial score (nSPS) is 14.6. The van der Waals surface area contributed by atoms with Crippen LogP contribution in [-0.4, -0.2) is 27.1 Å². The number of benzene rings is 1. The number of carbonyl (C=O) groups is 1. The molecule has 1 N–H and O–H groups in total. The van der Waals surface area contributed by atoms with E-state index in [1.54, 1.807) is 18.2 Å². The molecule has 6 nitrogen and oxygen atoms in total. The average molecular weight is 318 g/mol. The van der Waals surface area contributed by atoms with Crippen molar-refractivity contribution in [3.63, 3.8) is 0 Å². The topological polar surface area (TPSA) is 88.7 Å². The van der Waals surface area contributed by atoms with E-state index in [4.69, 9.17) is 4.42 Å². The Labute approximate surface area is 127 Å². The van der Waals surface area contributed by atoms with Crippen LogP contribution in [-0.2, 0) is 10.0 Å². The van der Waals surface area contributed by atoms with E-state index in [9.17, 15) is 13.2 Å². The molecule has 7 heteroatoms. The lowest BCUT2D eigenvalue weighted by molar-refractivity contribution is 0.110. The van der Waals surface area contributed by atoms with Crippen LogP contribution in [0.5, 0.6) is 0 Å². The predicted octanol–water partition coefficient (Wildman–Crippen LogP) is 2.23. The third-order valence-corrected chi connectivity index (χ3v) is 4.68. The summed E-state index contributed by atoms with van der Waals surface area (Å²) in [6.45, 7) is 0.652. The summed E-state index contributed by atoms with van der Waals surface area (Å²) < 4.78 is 32.5. The van der Waals surface area contributed by atoms with Gasteiger partial charge in [0.25, 0.3) is 10.0 Å². The quantitative estimate of drug-likeness (QED) is 0.875. The van der Waals surface area contributed by atoms with Crippen LogP contribution in [0.1, 0.15) is 23.4 Å². The maximum atomic E-state index is 12.4. The van der Waals surface area contributed by atoms with Crippen LogP contribution in [0.3, 0.4) is 0 Å². The predicted molar refractivity (Wildman–Crippen MR) is 81.4 cm³/mol. The summed E-state index contributed by atoms with van der Waals surface area (Å²) in [5.74, 6) is 1.13. The van der Waals surface area contributed by atoms with Crippen molar-refractivity contribution in [1.82, 2.24) is 4.72 Å². The Bertz CT molecular complexity index is 837. The molecule has 0 saturated carbocycles. The number of nitrogens with zero attached hydrogens (tertiary/aromatic N) is 1. The first-order valence-corrected chi connectivity index (χ1v) is 8.28. The molecule has 1 aliphatic rings. The Morgan fingerprint density at radius 2 is 2.09 bits per heavy atom. The van der Waals surface area contributed by atoms with Gasteiger partial charge < -0.3 is 4.42 Å². The molecule has 2 aromatic rings. The smallest absolute Gasteiger partial charge is 0.262 e. The molecule has 114 valence electrons. The minimum Gasteiger partial charge on any atom is -0.453 e. The minimum atomic E-state index is -3.66. The molecule has 1 aliphatic heterocycles. The second-order valence-corrected chi connectivity index (χ2v) is 6.57. The Morgan fingerprint density at radius 3 is 2.77 bits per heavy atom. The summed E-state index contributed by atoms with van der Waals surface area (Å²) in [4.78, 5) is 14.9. The monoisotopic (exact) mass is 318 g/mol. The van der Waals surface area contributed by atoms with Crippen molar-refractivity contribution in [3.05, 3.63) is 42.2 Å². The van der Waals surface area contributed by atoms with Gasteiger partial charge in [-0.3, -0.25) is 14.5 Å². The van der Waals surface area contributed by atoms with Crippen LogP contribution in [0.15, 0.2) is 50.7 Å². The summed E-state index contributed by atoms with van der Waals surface area (Å²) in [6, 6.07) is 9.53. The van der Waals surface area contributed by atoms with E-state index in [-0.39, 0.29) is 10.7 Å². The number of hydrogen-bond acceptors (Lipinski definition) is 5. The molecule has 0 fully saturated rings. The van der Waals surface area contributed by atoms with Gasteiger partial charge in [-0.2, -0.15) is 0 Å². The van der Waals surface area contributed by atoms with Crippen molar-refractivity contribution in [2.24, 2.45) is 4.99 Å². The van der Waals surface area contributed by atoms with E-state index < -0.39 is 10.0 Å². The number of sulfonamides is 1. The van der Waals surface area contributed by atoms with Crippen molar-refractivity contribution >= 4 is 22.1 Å². The number of aliphatic imine (C=N–C) groups is 1. The molecule has 2 heterocycles. The van der Waals surface area contributed by atoms with Crippen LogP contribution in [0.25, 0.3) is 11.3 Å². The maximum absolute atomic E-state index is 12.4. The summed E-state index contributed by atoms with van der Waals surface area (Å²) in [7, 11) is -3.66. The van der Waals surface area contributed by atoms with Gasteiger partial charge in [0.05, 0.1) is 4.90 Å². The lowest BCUT2D eigenvalue weighted by Crippen LogP contribution is -2.29. The number of hydrogen-bond donors (Lipinski definition) is 1. The van der Waals surface area contributed by atoms with Gasteiger partial charge in [0.1, 0.15) is 11.6 Å². The highest BCUT2D eigenvalue weighted by atomic mass is 32.2. The molecular weight excluding hydrogens is 304 g/mol. The number of nitrogens with one attached hydrogen (secondary N) is 1. The number of amidine groups is 1. The molecule has 0 spiro atoms. The molecule has 22 heavy (non-hydrogen) atoms. The van der Waals surface area contributed by atoms with E-state index in [2.05, 4.69) is 9.71 Å². The molecule has 0 unspecified atom stereocenters. The summed E-state index contributed by atoms with van der Waals surface area (Å²) in [5, 5.41) is 0. The highest BCUT2D eigenvalue weighted by molar-refractivity contribution is 7.90. The second kappa shape index (κ2) is 5.76. The first-order valence-electron chi connectivity index (χ1n) is 6.80. The van der Waals surface area contributed by atoms with Gasteiger partial charge >= 0.3 is 0 Å². The minimum absolute atomic E-state index is 0.128. The molecule has 3 rings (SSSR count). The van der Waals surface area contributed by atoms with Crippen molar-refractivity contribution in [3.8, 4) is 11.3 Å². The standard InChI is InChI=1S/C15H14N2O4S/c18-10-12-6-7-14(21-12)11-3-1-4-13(9-11)22(19,20)17-15-5-2-8-16-15/h1,3-4,6-7,9-10H,2,5,8H2,(H,16,17). The van der Waals surface area contributed by atoms with Crippen LogP contribution in [0.2, 0.25) is 0 Å². The fourth-order valence-electron chi connectivity index (χ4n) is 2.22. The van der Waals surface area contributed by atoms with E-state index in [1.165, 1.54) is 18.2 Å². The van der Waals surface area contributed by atoms with Gasteiger partial charge in [0.15, 0.2) is 12.0 Å². The largest absolute Gasteiger partial charge is 0.453 e. The third kappa shape index (κ3) is 2.94. The van der Waals surface area contributed by atoms with Crippen molar-refractivity contribution in [1.29, 1.82) is 0 Å². The first kappa shape index (κ1) is 14.5. The fourth-order valence-corrected chi connectivity index (χ4v) is 3.36. The number of aldehydes is 1.